The van der Waals surface area contributed by atoms with Gasteiger partial charge in [-0.3, -0.25) is 4.79 Å². The van der Waals surface area contributed by atoms with E-state index < -0.39 is 5.82 Å². The molecule has 1 rings (SSSR count). The Bertz CT molecular complexity index is 334. The molecular formula is C9H8BrFO. The highest BCUT2D eigenvalue weighted by molar-refractivity contribution is 9.10. The van der Waals surface area contributed by atoms with Crippen LogP contribution in [-0.2, 0) is 0 Å². The molecule has 64 valence electrons. The van der Waals surface area contributed by atoms with Gasteiger partial charge in [0.25, 0.3) is 0 Å². The average Bonchev–Trinajstić information content (AvgIpc) is 1.97. The number of hydrogen-bond donors (Lipinski definition) is 0. The van der Waals surface area contributed by atoms with E-state index in [1.807, 2.05) is 0 Å². The normalized spacial score (nSPS) is 10.0. The fraction of sp³-hybridized carbons (Fsp3) is 0.222. The zero-order valence-electron chi connectivity index (χ0n) is 6.82. The molecule has 1 nitrogen and oxygen atoms in total. The molecule has 0 saturated carbocycles. The van der Waals surface area contributed by atoms with Crippen molar-refractivity contribution in [2.24, 2.45) is 0 Å². The zero-order chi connectivity index (χ0) is 9.30. The first-order chi connectivity index (χ1) is 5.54. The molecule has 12 heavy (non-hydrogen) atoms. The van der Waals surface area contributed by atoms with Crippen LogP contribution in [0, 0.1) is 12.7 Å². The highest BCUT2D eigenvalue weighted by Crippen LogP contribution is 2.22. The third-order valence-electron chi connectivity index (χ3n) is 1.64. The number of Topliss-reactive ketones (excluding diaryl/α,β-unsaturated/α-hetero) is 1. The number of benzene rings is 1. The Kier molecular flexibility index (Phi) is 2.62. The fourth-order valence-corrected chi connectivity index (χ4v) is 1.56. The second-order valence-electron chi connectivity index (χ2n) is 2.61. The maximum Gasteiger partial charge on any atom is 0.163 e. The molecule has 0 aliphatic rings. The second kappa shape index (κ2) is 3.35. The van der Waals surface area contributed by atoms with Crippen LogP contribution in [0.5, 0.6) is 0 Å². The van der Waals surface area contributed by atoms with Crippen molar-refractivity contribution in [3.05, 3.63) is 33.5 Å². The second-order valence-corrected chi connectivity index (χ2v) is 3.46. The lowest BCUT2D eigenvalue weighted by molar-refractivity contribution is 0.101. The molecule has 0 saturated heterocycles. The highest BCUT2D eigenvalue weighted by Gasteiger charge is 2.12. The van der Waals surface area contributed by atoms with Crippen molar-refractivity contribution in [3.63, 3.8) is 0 Å². The van der Waals surface area contributed by atoms with Crippen molar-refractivity contribution in [2.75, 3.05) is 0 Å². The van der Waals surface area contributed by atoms with Crippen LogP contribution in [0.3, 0.4) is 0 Å². The van der Waals surface area contributed by atoms with Gasteiger partial charge in [-0.25, -0.2) is 4.39 Å². The highest BCUT2D eigenvalue weighted by atomic mass is 79.9. The maximum absolute atomic E-state index is 13.3. The van der Waals surface area contributed by atoms with E-state index in [0.29, 0.717) is 10.0 Å². The lowest BCUT2D eigenvalue weighted by atomic mass is 10.1. The van der Waals surface area contributed by atoms with Gasteiger partial charge < -0.3 is 0 Å². The predicted octanol–water partition coefficient (Wildman–Crippen LogP) is 3.10. The summed E-state index contributed by atoms with van der Waals surface area (Å²) in [7, 11) is 0. The molecule has 0 spiro atoms. The predicted molar refractivity (Wildman–Crippen MR) is 48.8 cm³/mol. The van der Waals surface area contributed by atoms with E-state index in [2.05, 4.69) is 15.9 Å². The maximum atomic E-state index is 13.3. The number of aryl methyl sites for hydroxylation is 1. The lowest BCUT2D eigenvalue weighted by Gasteiger charge is -2.03. The summed E-state index contributed by atoms with van der Waals surface area (Å²) < 4.78 is 13.8. The molecule has 0 aliphatic heterocycles. The molecule has 0 fully saturated rings. The Balaban J connectivity index is 3.43. The van der Waals surface area contributed by atoms with Crippen molar-refractivity contribution >= 4 is 21.7 Å². The number of carbonyl (C=O) groups excluding carboxylic acids is 1. The smallest absolute Gasteiger partial charge is 0.163 e. The molecule has 0 atom stereocenters. The van der Waals surface area contributed by atoms with Crippen molar-refractivity contribution in [3.8, 4) is 0 Å². The van der Waals surface area contributed by atoms with Gasteiger partial charge in [-0.2, -0.15) is 0 Å². The third-order valence-corrected chi connectivity index (χ3v) is 2.30. The zero-order valence-corrected chi connectivity index (χ0v) is 8.40. The van der Waals surface area contributed by atoms with Crippen LogP contribution in [0.15, 0.2) is 16.6 Å². The SMILES string of the molecule is CC(=O)c1c(Br)ccc(C)c1F. The van der Waals surface area contributed by atoms with Crippen molar-refractivity contribution < 1.29 is 9.18 Å². The lowest BCUT2D eigenvalue weighted by Crippen LogP contribution is -2.00. The molecule has 3 heteroatoms. The minimum atomic E-state index is -0.433. The first-order valence-corrected chi connectivity index (χ1v) is 4.29. The van der Waals surface area contributed by atoms with Gasteiger partial charge in [0, 0.05) is 4.47 Å². The average molecular weight is 231 g/mol. The summed E-state index contributed by atoms with van der Waals surface area (Å²) >= 11 is 3.12. The van der Waals surface area contributed by atoms with Crippen LogP contribution in [-0.4, -0.2) is 5.78 Å². The molecular weight excluding hydrogens is 223 g/mol. The molecule has 0 aliphatic carbocycles. The van der Waals surface area contributed by atoms with Crippen molar-refractivity contribution in [2.45, 2.75) is 13.8 Å². The number of rotatable bonds is 1. The molecule has 0 N–H and O–H groups in total. The van der Waals surface area contributed by atoms with Crippen LogP contribution in [0.4, 0.5) is 4.39 Å². The summed E-state index contributed by atoms with van der Waals surface area (Å²) in [6, 6.07) is 3.31. The van der Waals surface area contributed by atoms with Gasteiger partial charge in [0.1, 0.15) is 5.82 Å². The van der Waals surface area contributed by atoms with E-state index in [4.69, 9.17) is 0 Å². The fourth-order valence-electron chi connectivity index (χ4n) is 0.979. The quantitative estimate of drug-likeness (QED) is 0.678. The number of halogens is 2. The first kappa shape index (κ1) is 9.39. The molecule has 0 unspecified atom stereocenters. The number of carbonyl (C=O) groups is 1. The van der Waals surface area contributed by atoms with E-state index in [9.17, 15) is 9.18 Å². The van der Waals surface area contributed by atoms with E-state index in [1.54, 1.807) is 19.1 Å². The van der Waals surface area contributed by atoms with Crippen LogP contribution in [0.25, 0.3) is 0 Å². The Hall–Kier alpha value is -0.700. The molecule has 0 amide bonds. The molecule has 0 heterocycles. The van der Waals surface area contributed by atoms with Gasteiger partial charge in [-0.1, -0.05) is 6.07 Å². The summed E-state index contributed by atoms with van der Waals surface area (Å²) in [5.41, 5.74) is 0.624. The minimum absolute atomic E-state index is 0.134. The summed E-state index contributed by atoms with van der Waals surface area (Å²) in [6.45, 7) is 2.98. The van der Waals surface area contributed by atoms with Crippen LogP contribution in [0.2, 0.25) is 0 Å². The Morgan fingerprint density at radius 3 is 2.50 bits per heavy atom. The molecule has 0 aromatic heterocycles. The Morgan fingerprint density at radius 1 is 1.50 bits per heavy atom. The third kappa shape index (κ3) is 1.55. The molecule has 0 bridgehead atoms. The van der Waals surface area contributed by atoms with Crippen molar-refractivity contribution in [1.29, 1.82) is 0 Å². The molecule has 1 aromatic carbocycles. The first-order valence-electron chi connectivity index (χ1n) is 3.49. The standard InChI is InChI=1S/C9H8BrFO/c1-5-3-4-7(10)8(6(2)12)9(5)11/h3-4H,1-2H3. The molecule has 0 radical (unpaired) electrons. The largest absolute Gasteiger partial charge is 0.294 e. The van der Waals surface area contributed by atoms with Crippen LogP contribution < -0.4 is 0 Å². The number of ketones is 1. The summed E-state index contributed by atoms with van der Waals surface area (Å²) in [6.07, 6.45) is 0. The summed E-state index contributed by atoms with van der Waals surface area (Å²) in [5.74, 6) is -0.694. The summed E-state index contributed by atoms with van der Waals surface area (Å²) in [5, 5.41) is 0. The topological polar surface area (TPSA) is 17.1 Å². The van der Waals surface area contributed by atoms with E-state index in [0.717, 1.165) is 0 Å². The Morgan fingerprint density at radius 2 is 2.08 bits per heavy atom. The van der Waals surface area contributed by atoms with E-state index in [1.165, 1.54) is 6.92 Å². The monoisotopic (exact) mass is 230 g/mol. The van der Waals surface area contributed by atoms with Crippen LogP contribution in [0.1, 0.15) is 22.8 Å². The van der Waals surface area contributed by atoms with Gasteiger partial charge in [0.2, 0.25) is 0 Å². The molecule has 1 aromatic rings. The number of hydrogen-bond acceptors (Lipinski definition) is 1. The Labute approximate surface area is 78.7 Å². The van der Waals surface area contributed by atoms with Gasteiger partial charge in [0.15, 0.2) is 5.78 Å². The van der Waals surface area contributed by atoms with Gasteiger partial charge in [0.05, 0.1) is 5.56 Å². The van der Waals surface area contributed by atoms with Gasteiger partial charge >= 0.3 is 0 Å². The van der Waals surface area contributed by atoms with Crippen molar-refractivity contribution in [1.82, 2.24) is 0 Å². The van der Waals surface area contributed by atoms with Gasteiger partial charge in [-0.15, -0.1) is 0 Å². The van der Waals surface area contributed by atoms with Crippen LogP contribution >= 0.6 is 15.9 Å². The van der Waals surface area contributed by atoms with E-state index in [-0.39, 0.29) is 11.3 Å². The summed E-state index contributed by atoms with van der Waals surface area (Å²) in [4.78, 5) is 11.0. The van der Waals surface area contributed by atoms with E-state index >= 15 is 0 Å². The minimum Gasteiger partial charge on any atom is -0.294 e. The van der Waals surface area contributed by atoms with Gasteiger partial charge in [-0.05, 0) is 41.4 Å².